The maximum Gasteiger partial charge on any atom is 0.166 e. The zero-order valence-corrected chi connectivity index (χ0v) is 27.4. The molecule has 6 aromatic carbocycles. The van der Waals surface area contributed by atoms with Crippen molar-refractivity contribution < 1.29 is 0 Å². The lowest BCUT2D eigenvalue weighted by Crippen LogP contribution is -2.04. The topological polar surface area (TPSA) is 56.5 Å². The van der Waals surface area contributed by atoms with Crippen LogP contribution in [0.4, 0.5) is 0 Å². The van der Waals surface area contributed by atoms with Crippen molar-refractivity contribution in [3.8, 4) is 62.1 Å². The van der Waals surface area contributed by atoms with Gasteiger partial charge in [-0.05, 0) is 71.6 Å². The normalized spacial score (nSPS) is 11.3. The van der Waals surface area contributed by atoms with Gasteiger partial charge in [0.25, 0.3) is 0 Å². The highest BCUT2D eigenvalue weighted by Crippen LogP contribution is 2.39. The molecule has 9 aromatic rings. The fraction of sp³-hybridized carbons (Fsp3) is 0.0222. The van der Waals surface area contributed by atoms with Gasteiger partial charge in [0.1, 0.15) is 0 Å². The van der Waals surface area contributed by atoms with Crippen LogP contribution < -0.4 is 0 Å². The van der Waals surface area contributed by atoms with Crippen LogP contribution in [0.15, 0.2) is 170 Å². The van der Waals surface area contributed by atoms with Gasteiger partial charge in [-0.15, -0.1) is 0 Å². The van der Waals surface area contributed by atoms with Crippen molar-refractivity contribution >= 4 is 21.8 Å². The molecule has 0 bridgehead atoms. The highest BCUT2D eigenvalue weighted by Gasteiger charge is 2.20. The van der Waals surface area contributed by atoms with Gasteiger partial charge in [0, 0.05) is 39.9 Å². The van der Waals surface area contributed by atoms with E-state index < -0.39 is 0 Å². The Morgan fingerprint density at radius 1 is 0.400 bits per heavy atom. The molecule has 0 radical (unpaired) electrons. The molecule has 5 nitrogen and oxygen atoms in total. The Hall–Kier alpha value is -6.72. The molecular weight excluding hydrogens is 611 g/mol. The number of para-hydroxylation sites is 1. The number of aromatic nitrogens is 5. The molecule has 0 saturated carbocycles. The van der Waals surface area contributed by atoms with Gasteiger partial charge in [-0.1, -0.05) is 121 Å². The predicted molar refractivity (Wildman–Crippen MR) is 204 cm³/mol. The number of hydrogen-bond acceptors (Lipinski definition) is 4. The molecule has 0 atom stereocenters. The van der Waals surface area contributed by atoms with Crippen LogP contribution in [0, 0.1) is 6.92 Å². The minimum absolute atomic E-state index is 0.608. The average Bonchev–Trinajstić information content (AvgIpc) is 3.52. The van der Waals surface area contributed by atoms with Gasteiger partial charge in [0.15, 0.2) is 17.5 Å². The molecule has 50 heavy (non-hydrogen) atoms. The maximum atomic E-state index is 5.15. The Morgan fingerprint density at radius 2 is 0.980 bits per heavy atom. The minimum atomic E-state index is 0.608. The summed E-state index contributed by atoms with van der Waals surface area (Å²) in [5.41, 5.74) is 11.8. The standard InChI is InChI=1S/C45H31N5/c1-30-11-10-16-34(27-30)35-20-22-41-39(28-35)37-17-8-9-18-40(37)50(41)42-29-36(31-23-25-46-26-24-31)19-21-38(42)45-48-43(32-12-4-2-5-13-32)47-44(49-45)33-14-6-3-7-15-33/h2-29H,1H3. The maximum absolute atomic E-state index is 5.15. The molecule has 0 N–H and O–H groups in total. The summed E-state index contributed by atoms with van der Waals surface area (Å²) in [6, 6.07) is 55.0. The molecule has 0 aliphatic carbocycles. The number of pyridine rings is 1. The number of aryl methyl sites for hydroxylation is 1. The zero-order chi connectivity index (χ0) is 33.4. The second kappa shape index (κ2) is 12.4. The van der Waals surface area contributed by atoms with E-state index in [0.29, 0.717) is 17.5 Å². The molecule has 0 unspecified atom stereocenters. The van der Waals surface area contributed by atoms with Crippen molar-refractivity contribution in [2.24, 2.45) is 0 Å². The van der Waals surface area contributed by atoms with Crippen LogP contribution in [0.5, 0.6) is 0 Å². The summed E-state index contributed by atoms with van der Waals surface area (Å²) in [5.74, 6) is 1.86. The molecule has 0 fully saturated rings. The SMILES string of the molecule is Cc1cccc(-c2ccc3c(c2)c2ccccc2n3-c2cc(-c3ccncc3)ccc2-c2nc(-c3ccccc3)nc(-c3ccccc3)n2)c1. The molecule has 3 aromatic heterocycles. The van der Waals surface area contributed by atoms with Gasteiger partial charge >= 0.3 is 0 Å². The molecule has 0 saturated heterocycles. The molecule has 5 heteroatoms. The summed E-state index contributed by atoms with van der Waals surface area (Å²) >= 11 is 0. The second-order valence-corrected chi connectivity index (χ2v) is 12.5. The summed E-state index contributed by atoms with van der Waals surface area (Å²) in [7, 11) is 0. The van der Waals surface area contributed by atoms with E-state index in [4.69, 9.17) is 15.0 Å². The van der Waals surface area contributed by atoms with E-state index in [0.717, 1.165) is 44.5 Å². The van der Waals surface area contributed by atoms with E-state index in [1.807, 2.05) is 85.2 Å². The van der Waals surface area contributed by atoms with Gasteiger partial charge in [-0.3, -0.25) is 4.98 Å². The number of hydrogen-bond donors (Lipinski definition) is 0. The van der Waals surface area contributed by atoms with Crippen molar-refractivity contribution in [2.45, 2.75) is 6.92 Å². The number of benzene rings is 6. The smallest absolute Gasteiger partial charge is 0.166 e. The lowest BCUT2D eigenvalue weighted by Gasteiger charge is -2.16. The summed E-state index contributed by atoms with van der Waals surface area (Å²) in [5, 5.41) is 2.37. The van der Waals surface area contributed by atoms with Crippen molar-refractivity contribution in [3.05, 3.63) is 176 Å². The molecule has 0 amide bonds. The summed E-state index contributed by atoms with van der Waals surface area (Å²) < 4.78 is 2.36. The van der Waals surface area contributed by atoms with Crippen LogP contribution in [-0.4, -0.2) is 24.5 Å². The summed E-state index contributed by atoms with van der Waals surface area (Å²) in [6.45, 7) is 2.14. The van der Waals surface area contributed by atoms with Gasteiger partial charge in [-0.2, -0.15) is 0 Å². The van der Waals surface area contributed by atoms with E-state index in [9.17, 15) is 0 Å². The summed E-state index contributed by atoms with van der Waals surface area (Å²) in [6.07, 6.45) is 3.67. The number of fused-ring (bicyclic) bond motifs is 3. The second-order valence-electron chi connectivity index (χ2n) is 12.5. The monoisotopic (exact) mass is 641 g/mol. The Kier molecular flexibility index (Phi) is 7.29. The van der Waals surface area contributed by atoms with Gasteiger partial charge in [0.05, 0.1) is 16.7 Å². The fourth-order valence-corrected chi connectivity index (χ4v) is 6.80. The van der Waals surface area contributed by atoms with Crippen molar-refractivity contribution in [2.75, 3.05) is 0 Å². The van der Waals surface area contributed by atoms with E-state index in [2.05, 4.69) is 101 Å². The average molecular weight is 642 g/mol. The largest absolute Gasteiger partial charge is 0.308 e. The van der Waals surface area contributed by atoms with Crippen LogP contribution in [0.2, 0.25) is 0 Å². The van der Waals surface area contributed by atoms with Crippen LogP contribution in [0.1, 0.15) is 5.56 Å². The lowest BCUT2D eigenvalue weighted by atomic mass is 10.0. The minimum Gasteiger partial charge on any atom is -0.308 e. The van der Waals surface area contributed by atoms with Crippen LogP contribution in [0.3, 0.4) is 0 Å². The van der Waals surface area contributed by atoms with E-state index in [1.54, 1.807) is 0 Å². The van der Waals surface area contributed by atoms with E-state index in [-0.39, 0.29) is 0 Å². The Morgan fingerprint density at radius 3 is 1.70 bits per heavy atom. The first-order chi connectivity index (χ1) is 24.7. The van der Waals surface area contributed by atoms with Gasteiger partial charge < -0.3 is 4.57 Å². The third kappa shape index (κ3) is 5.31. The Balaban J connectivity index is 1.34. The van der Waals surface area contributed by atoms with Crippen molar-refractivity contribution in [1.29, 1.82) is 0 Å². The number of rotatable bonds is 6. The van der Waals surface area contributed by atoms with Crippen molar-refractivity contribution in [1.82, 2.24) is 24.5 Å². The lowest BCUT2D eigenvalue weighted by molar-refractivity contribution is 1.06. The Bertz CT molecular complexity index is 2590. The first-order valence-corrected chi connectivity index (χ1v) is 16.7. The van der Waals surface area contributed by atoms with Crippen molar-refractivity contribution in [3.63, 3.8) is 0 Å². The third-order valence-corrected chi connectivity index (χ3v) is 9.22. The fourth-order valence-electron chi connectivity index (χ4n) is 6.80. The van der Waals surface area contributed by atoms with E-state index in [1.165, 1.54) is 27.5 Å². The Labute approximate surface area is 290 Å². The molecule has 236 valence electrons. The number of nitrogens with zero attached hydrogens (tertiary/aromatic N) is 5. The quantitative estimate of drug-likeness (QED) is 0.181. The molecule has 0 aliphatic heterocycles. The zero-order valence-electron chi connectivity index (χ0n) is 27.4. The van der Waals surface area contributed by atoms with E-state index >= 15 is 0 Å². The molecule has 0 spiro atoms. The predicted octanol–water partition coefficient (Wildman–Crippen LogP) is 11.0. The molecule has 3 heterocycles. The first-order valence-electron chi connectivity index (χ1n) is 16.7. The summed E-state index contributed by atoms with van der Waals surface area (Å²) in [4.78, 5) is 19.5. The van der Waals surface area contributed by atoms with Gasteiger partial charge in [0.2, 0.25) is 0 Å². The third-order valence-electron chi connectivity index (χ3n) is 9.22. The van der Waals surface area contributed by atoms with Crippen LogP contribution >= 0.6 is 0 Å². The molecule has 9 rings (SSSR count). The molecule has 0 aliphatic rings. The molecular formula is C45H31N5. The van der Waals surface area contributed by atoms with Crippen LogP contribution in [-0.2, 0) is 0 Å². The highest BCUT2D eigenvalue weighted by atomic mass is 15.1. The highest BCUT2D eigenvalue weighted by molar-refractivity contribution is 6.11. The van der Waals surface area contributed by atoms with Gasteiger partial charge in [-0.25, -0.2) is 15.0 Å². The van der Waals surface area contributed by atoms with Crippen LogP contribution in [0.25, 0.3) is 83.9 Å². The first kappa shape index (κ1) is 29.4.